The Morgan fingerprint density at radius 2 is 1.64 bits per heavy atom. The van der Waals surface area contributed by atoms with Crippen molar-refractivity contribution in [3.63, 3.8) is 0 Å². The summed E-state index contributed by atoms with van der Waals surface area (Å²) in [5, 5.41) is 6.58. The number of anilines is 1. The predicted molar refractivity (Wildman–Crippen MR) is 107 cm³/mol. The number of halogens is 2. The van der Waals surface area contributed by atoms with Crippen molar-refractivity contribution in [3.8, 4) is 0 Å². The van der Waals surface area contributed by atoms with Crippen LogP contribution in [0.5, 0.6) is 0 Å². The van der Waals surface area contributed by atoms with Crippen molar-refractivity contribution >= 4 is 52.7 Å². The van der Waals surface area contributed by atoms with Crippen molar-refractivity contribution in [1.29, 1.82) is 0 Å². The van der Waals surface area contributed by atoms with Crippen LogP contribution < -0.4 is 4.90 Å². The summed E-state index contributed by atoms with van der Waals surface area (Å²) in [6.07, 6.45) is 5.13. The summed E-state index contributed by atoms with van der Waals surface area (Å²) in [7, 11) is 0. The molecule has 2 amide bonds. The van der Waals surface area contributed by atoms with E-state index in [1.54, 1.807) is 38.1 Å². The van der Waals surface area contributed by atoms with Gasteiger partial charge < -0.3 is 0 Å². The molecule has 8 heteroatoms. The summed E-state index contributed by atoms with van der Waals surface area (Å²) in [5.41, 5.74) is -0.365. The Morgan fingerprint density at radius 1 is 1.04 bits per heavy atom. The highest BCUT2D eigenvalue weighted by Gasteiger charge is 2.64. The van der Waals surface area contributed by atoms with Gasteiger partial charge in [-0.2, -0.15) is 5.10 Å². The first-order valence-electron chi connectivity index (χ1n) is 8.98. The molecule has 0 bridgehead atoms. The van der Waals surface area contributed by atoms with Crippen LogP contribution in [0.3, 0.4) is 0 Å². The number of hydrazone groups is 1. The largest absolute Gasteiger partial charge is 0.297 e. The number of carbonyl (C=O) groups is 3. The minimum Gasteiger partial charge on any atom is -0.297 e. The third kappa shape index (κ3) is 2.78. The van der Waals surface area contributed by atoms with E-state index in [1.807, 2.05) is 6.08 Å². The molecule has 3 aliphatic rings. The van der Waals surface area contributed by atoms with E-state index in [9.17, 15) is 14.4 Å². The third-order valence-electron chi connectivity index (χ3n) is 5.40. The molecule has 0 spiro atoms. The first-order chi connectivity index (χ1) is 13.1. The van der Waals surface area contributed by atoms with Crippen molar-refractivity contribution < 1.29 is 14.4 Å². The van der Waals surface area contributed by atoms with E-state index in [2.05, 4.69) is 5.10 Å². The van der Waals surface area contributed by atoms with Gasteiger partial charge in [0.05, 0.1) is 23.6 Å². The van der Waals surface area contributed by atoms with Gasteiger partial charge in [-0.25, -0.2) is 4.90 Å². The van der Waals surface area contributed by atoms with Crippen molar-refractivity contribution in [1.82, 2.24) is 5.01 Å². The summed E-state index contributed by atoms with van der Waals surface area (Å²) >= 11 is 12.1. The molecular formula is C20H19Cl2N3O3. The SMILES string of the molecule is CC(C)(C)C(=O)[C@@H]1[C@@H]2C(=O)N(c3cc(Cl)cc(Cl)c3)C(=O)[C@H]2[C@@H]2C=CC=NN12. The second-order valence-corrected chi connectivity index (χ2v) is 9.14. The highest BCUT2D eigenvalue weighted by molar-refractivity contribution is 6.35. The Hall–Kier alpha value is -2.18. The van der Waals surface area contributed by atoms with Crippen LogP contribution in [0.2, 0.25) is 10.0 Å². The summed E-state index contributed by atoms with van der Waals surface area (Å²) in [4.78, 5) is 41.0. The van der Waals surface area contributed by atoms with Gasteiger partial charge >= 0.3 is 0 Å². The van der Waals surface area contributed by atoms with Gasteiger partial charge in [-0.05, 0) is 24.3 Å². The van der Waals surface area contributed by atoms with Crippen molar-refractivity contribution in [2.24, 2.45) is 22.4 Å². The fraction of sp³-hybridized carbons (Fsp3) is 0.400. The van der Waals surface area contributed by atoms with Gasteiger partial charge in [0.25, 0.3) is 0 Å². The number of hydrogen-bond donors (Lipinski definition) is 0. The molecule has 0 unspecified atom stereocenters. The van der Waals surface area contributed by atoms with Crippen molar-refractivity contribution in [2.45, 2.75) is 32.9 Å². The Morgan fingerprint density at radius 3 is 2.25 bits per heavy atom. The third-order valence-corrected chi connectivity index (χ3v) is 5.84. The number of amides is 2. The van der Waals surface area contributed by atoms with Crippen LogP contribution in [0.1, 0.15) is 20.8 Å². The lowest BCUT2D eigenvalue weighted by atomic mass is 9.80. The highest BCUT2D eigenvalue weighted by atomic mass is 35.5. The van der Waals surface area contributed by atoms with E-state index < -0.39 is 35.2 Å². The van der Waals surface area contributed by atoms with Gasteiger partial charge in [0.15, 0.2) is 5.78 Å². The molecule has 2 saturated heterocycles. The number of benzene rings is 1. The lowest BCUT2D eigenvalue weighted by molar-refractivity contribution is -0.136. The van der Waals surface area contributed by atoms with E-state index in [-0.39, 0.29) is 11.7 Å². The minimum absolute atomic E-state index is 0.121. The molecule has 0 saturated carbocycles. The fourth-order valence-electron chi connectivity index (χ4n) is 4.20. The van der Waals surface area contributed by atoms with Gasteiger partial charge in [0.1, 0.15) is 6.04 Å². The maximum absolute atomic E-state index is 13.4. The maximum atomic E-state index is 13.4. The molecular weight excluding hydrogens is 401 g/mol. The number of Topliss-reactive ketones (excluding diaryl/α,β-unsaturated/α-hetero) is 1. The molecule has 0 N–H and O–H groups in total. The zero-order chi connectivity index (χ0) is 20.4. The molecule has 6 nitrogen and oxygen atoms in total. The Labute approximate surface area is 172 Å². The first kappa shape index (κ1) is 19.2. The molecule has 0 aromatic heterocycles. The Kier molecular flexibility index (Phi) is 4.39. The topological polar surface area (TPSA) is 70.0 Å². The van der Waals surface area contributed by atoms with Gasteiger partial charge in [-0.1, -0.05) is 50.0 Å². The van der Waals surface area contributed by atoms with Crippen LogP contribution in [0.15, 0.2) is 35.5 Å². The minimum atomic E-state index is -0.804. The van der Waals surface area contributed by atoms with Gasteiger partial charge in [-0.3, -0.25) is 19.4 Å². The monoisotopic (exact) mass is 419 g/mol. The lowest BCUT2D eigenvalue weighted by Gasteiger charge is -2.33. The highest BCUT2D eigenvalue weighted by Crippen LogP contribution is 2.47. The second kappa shape index (κ2) is 6.42. The van der Waals surface area contributed by atoms with Crippen molar-refractivity contribution in [2.75, 3.05) is 4.90 Å². The number of ketones is 1. The molecule has 1 aromatic rings. The zero-order valence-corrected chi connectivity index (χ0v) is 17.1. The Balaban J connectivity index is 1.81. The molecule has 1 aromatic carbocycles. The first-order valence-corrected chi connectivity index (χ1v) is 9.74. The number of hydrogen-bond acceptors (Lipinski definition) is 5. The van der Waals surface area contributed by atoms with E-state index in [1.165, 1.54) is 18.2 Å². The average Bonchev–Trinajstić information content (AvgIpc) is 3.06. The average molecular weight is 420 g/mol. The van der Waals surface area contributed by atoms with Crippen LogP contribution in [0, 0.1) is 17.3 Å². The molecule has 2 fully saturated rings. The van der Waals surface area contributed by atoms with E-state index in [0.717, 1.165) is 4.90 Å². The zero-order valence-electron chi connectivity index (χ0n) is 15.6. The van der Waals surface area contributed by atoms with E-state index >= 15 is 0 Å². The normalized spacial score (nSPS) is 28.8. The number of imide groups is 1. The number of allylic oxidation sites excluding steroid dienone is 1. The molecule has 0 aliphatic carbocycles. The summed E-state index contributed by atoms with van der Waals surface area (Å²) < 4.78 is 0. The van der Waals surface area contributed by atoms with E-state index in [4.69, 9.17) is 23.2 Å². The molecule has 28 heavy (non-hydrogen) atoms. The fourth-order valence-corrected chi connectivity index (χ4v) is 4.72. The predicted octanol–water partition coefficient (Wildman–Crippen LogP) is 3.32. The summed E-state index contributed by atoms with van der Waals surface area (Å²) in [6, 6.07) is 3.34. The number of rotatable bonds is 2. The summed E-state index contributed by atoms with van der Waals surface area (Å²) in [5.74, 6) is -2.40. The second-order valence-electron chi connectivity index (χ2n) is 8.27. The molecule has 146 valence electrons. The number of carbonyl (C=O) groups excluding carboxylic acids is 3. The summed E-state index contributed by atoms with van der Waals surface area (Å²) in [6.45, 7) is 5.41. The smallest absolute Gasteiger partial charge is 0.240 e. The van der Waals surface area contributed by atoms with Crippen LogP contribution in [0.4, 0.5) is 5.69 Å². The Bertz CT molecular complexity index is 930. The van der Waals surface area contributed by atoms with Crippen LogP contribution in [0.25, 0.3) is 0 Å². The van der Waals surface area contributed by atoms with E-state index in [0.29, 0.717) is 15.7 Å². The van der Waals surface area contributed by atoms with Gasteiger partial charge in [0.2, 0.25) is 11.8 Å². The van der Waals surface area contributed by atoms with Crippen molar-refractivity contribution in [3.05, 3.63) is 40.4 Å². The number of fused-ring (bicyclic) bond motifs is 3. The molecule has 4 atom stereocenters. The molecule has 0 radical (unpaired) electrons. The van der Waals surface area contributed by atoms with Gasteiger partial charge in [0, 0.05) is 21.7 Å². The van der Waals surface area contributed by atoms with Crippen LogP contribution >= 0.6 is 23.2 Å². The lowest BCUT2D eigenvalue weighted by Crippen LogP contribution is -2.49. The molecule has 3 aliphatic heterocycles. The standard InChI is InChI=1S/C20H19Cl2N3O3/c1-20(2,3)17(26)16-15-14(13-5-4-6-23-25(13)16)18(27)24(19(15)28)12-8-10(21)7-11(22)9-12/h4-9,13-16H,1-3H3/t13-,14-,15+,16-/m0/s1. The quantitative estimate of drug-likeness (QED) is 0.689. The number of nitrogens with zero attached hydrogens (tertiary/aromatic N) is 3. The molecule has 3 heterocycles. The van der Waals surface area contributed by atoms with Crippen LogP contribution in [-0.4, -0.2) is 40.9 Å². The van der Waals surface area contributed by atoms with Gasteiger partial charge in [-0.15, -0.1) is 0 Å². The maximum Gasteiger partial charge on any atom is 0.240 e. The van der Waals surface area contributed by atoms with Crippen LogP contribution in [-0.2, 0) is 14.4 Å². The molecule has 4 rings (SSSR count).